The standard InChI is InChI=1S/C10H5NO/c11-6-7-1-2-8-3-4-10(12)9(8)5-7/h1-5H. The van der Waals surface area contributed by atoms with Gasteiger partial charge in [-0.05, 0) is 23.8 Å². The second-order valence-electron chi connectivity index (χ2n) is 2.61. The summed E-state index contributed by atoms with van der Waals surface area (Å²) in [5, 5.41) is 8.57. The molecule has 0 N–H and O–H groups in total. The topological polar surface area (TPSA) is 40.9 Å². The fourth-order valence-corrected chi connectivity index (χ4v) is 1.24. The van der Waals surface area contributed by atoms with Crippen LogP contribution in [0.15, 0.2) is 24.3 Å². The Bertz CT molecular complexity index is 424. The summed E-state index contributed by atoms with van der Waals surface area (Å²) in [4.78, 5) is 11.1. The molecule has 0 atom stereocenters. The molecule has 0 saturated heterocycles. The van der Waals surface area contributed by atoms with E-state index >= 15 is 0 Å². The van der Waals surface area contributed by atoms with Gasteiger partial charge >= 0.3 is 0 Å². The molecule has 1 aliphatic rings. The lowest BCUT2D eigenvalue weighted by Crippen LogP contribution is -1.91. The number of carbonyl (C=O) groups excluding carboxylic acids is 1. The minimum absolute atomic E-state index is 0.0119. The molecule has 2 nitrogen and oxygen atoms in total. The van der Waals surface area contributed by atoms with Gasteiger partial charge in [-0.15, -0.1) is 0 Å². The quantitative estimate of drug-likeness (QED) is 0.572. The van der Waals surface area contributed by atoms with E-state index in [4.69, 9.17) is 5.26 Å². The Morgan fingerprint density at radius 2 is 2.08 bits per heavy atom. The number of hydrogen-bond donors (Lipinski definition) is 0. The van der Waals surface area contributed by atoms with Crippen LogP contribution in [0.3, 0.4) is 0 Å². The van der Waals surface area contributed by atoms with Gasteiger partial charge in [-0.2, -0.15) is 5.26 Å². The predicted octanol–water partition coefficient (Wildman–Crippen LogP) is 1.77. The lowest BCUT2D eigenvalue weighted by atomic mass is 10.1. The van der Waals surface area contributed by atoms with Gasteiger partial charge in [0, 0.05) is 5.56 Å². The van der Waals surface area contributed by atoms with Crippen LogP contribution in [0.25, 0.3) is 6.08 Å². The van der Waals surface area contributed by atoms with Gasteiger partial charge in [0.1, 0.15) is 0 Å². The highest BCUT2D eigenvalue weighted by molar-refractivity contribution is 6.13. The molecule has 0 aliphatic heterocycles. The Balaban J connectivity index is 2.64. The average molecular weight is 155 g/mol. The van der Waals surface area contributed by atoms with Crippen molar-refractivity contribution in [3.63, 3.8) is 0 Å². The third-order valence-electron chi connectivity index (χ3n) is 1.86. The number of allylic oxidation sites excluding steroid dienone is 1. The summed E-state index contributed by atoms with van der Waals surface area (Å²) in [6, 6.07) is 7.12. The molecule has 1 aliphatic carbocycles. The van der Waals surface area contributed by atoms with Crippen molar-refractivity contribution >= 4 is 11.9 Å². The van der Waals surface area contributed by atoms with Crippen LogP contribution in [0.4, 0.5) is 0 Å². The van der Waals surface area contributed by atoms with E-state index in [1.807, 2.05) is 6.07 Å². The number of fused-ring (bicyclic) bond motifs is 1. The maximum Gasteiger partial charge on any atom is 0.186 e. The van der Waals surface area contributed by atoms with Crippen molar-refractivity contribution < 1.29 is 4.79 Å². The van der Waals surface area contributed by atoms with Crippen LogP contribution in [0.1, 0.15) is 21.5 Å². The number of rotatable bonds is 0. The van der Waals surface area contributed by atoms with Gasteiger partial charge in [-0.25, -0.2) is 0 Å². The number of carbonyl (C=O) groups is 1. The first-order chi connectivity index (χ1) is 5.81. The fourth-order valence-electron chi connectivity index (χ4n) is 1.24. The molecule has 0 aromatic heterocycles. The van der Waals surface area contributed by atoms with Crippen molar-refractivity contribution in [2.24, 2.45) is 0 Å². The minimum Gasteiger partial charge on any atom is -0.289 e. The molecule has 0 unspecified atom stereocenters. The number of hydrogen-bond acceptors (Lipinski definition) is 2. The zero-order chi connectivity index (χ0) is 8.55. The third kappa shape index (κ3) is 0.841. The lowest BCUT2D eigenvalue weighted by Gasteiger charge is -1.95. The number of ketones is 1. The first-order valence-corrected chi connectivity index (χ1v) is 3.58. The number of nitriles is 1. The first kappa shape index (κ1) is 6.81. The normalized spacial score (nSPS) is 12.8. The van der Waals surface area contributed by atoms with E-state index in [2.05, 4.69) is 0 Å². The van der Waals surface area contributed by atoms with Crippen LogP contribution in [-0.4, -0.2) is 5.78 Å². The van der Waals surface area contributed by atoms with Gasteiger partial charge in [0.15, 0.2) is 5.78 Å². The third-order valence-corrected chi connectivity index (χ3v) is 1.86. The molecular weight excluding hydrogens is 150 g/mol. The fraction of sp³-hybridized carbons (Fsp3) is 0. The largest absolute Gasteiger partial charge is 0.289 e. The number of benzene rings is 1. The van der Waals surface area contributed by atoms with Gasteiger partial charge in [0.05, 0.1) is 11.6 Å². The Morgan fingerprint density at radius 1 is 1.25 bits per heavy atom. The smallest absolute Gasteiger partial charge is 0.186 e. The zero-order valence-electron chi connectivity index (χ0n) is 6.24. The van der Waals surface area contributed by atoms with E-state index < -0.39 is 0 Å². The van der Waals surface area contributed by atoms with Gasteiger partial charge in [-0.1, -0.05) is 12.1 Å². The maximum absolute atomic E-state index is 11.1. The number of nitrogens with zero attached hydrogens (tertiary/aromatic N) is 1. The van der Waals surface area contributed by atoms with Crippen molar-refractivity contribution in [2.45, 2.75) is 0 Å². The van der Waals surface area contributed by atoms with E-state index in [-0.39, 0.29) is 5.78 Å². The van der Waals surface area contributed by atoms with Crippen molar-refractivity contribution in [1.29, 1.82) is 5.26 Å². The zero-order valence-corrected chi connectivity index (χ0v) is 6.24. The van der Waals surface area contributed by atoms with Crippen LogP contribution in [0.2, 0.25) is 0 Å². The summed E-state index contributed by atoms with van der Waals surface area (Å²) in [6.45, 7) is 0. The van der Waals surface area contributed by atoms with E-state index in [1.54, 1.807) is 24.3 Å². The second-order valence-corrected chi connectivity index (χ2v) is 2.61. The molecular formula is C10H5NO. The van der Waals surface area contributed by atoms with Crippen LogP contribution < -0.4 is 0 Å². The van der Waals surface area contributed by atoms with Crippen molar-refractivity contribution in [1.82, 2.24) is 0 Å². The monoisotopic (exact) mass is 155 g/mol. The van der Waals surface area contributed by atoms with Crippen LogP contribution >= 0.6 is 0 Å². The van der Waals surface area contributed by atoms with Crippen LogP contribution in [-0.2, 0) is 0 Å². The summed E-state index contributed by atoms with van der Waals surface area (Å²) < 4.78 is 0. The Morgan fingerprint density at radius 3 is 2.83 bits per heavy atom. The van der Waals surface area contributed by atoms with Gasteiger partial charge in [0.2, 0.25) is 0 Å². The SMILES string of the molecule is N#Cc1ccc2c(c1)C(=O)C=C2. The van der Waals surface area contributed by atoms with E-state index in [1.165, 1.54) is 6.08 Å². The Kier molecular flexibility index (Phi) is 1.31. The predicted molar refractivity (Wildman–Crippen MR) is 44.5 cm³/mol. The molecule has 0 spiro atoms. The highest BCUT2D eigenvalue weighted by atomic mass is 16.1. The summed E-state index contributed by atoms with van der Waals surface area (Å²) in [6.07, 6.45) is 3.28. The Labute approximate surface area is 69.7 Å². The first-order valence-electron chi connectivity index (χ1n) is 3.58. The average Bonchev–Trinajstić information content (AvgIpc) is 2.47. The molecule has 0 fully saturated rings. The van der Waals surface area contributed by atoms with Crippen LogP contribution in [0.5, 0.6) is 0 Å². The summed E-state index contributed by atoms with van der Waals surface area (Å²) in [5.41, 5.74) is 2.07. The molecule has 0 heterocycles. The van der Waals surface area contributed by atoms with E-state index in [0.29, 0.717) is 11.1 Å². The van der Waals surface area contributed by atoms with Gasteiger partial charge in [0.25, 0.3) is 0 Å². The molecule has 0 bridgehead atoms. The van der Waals surface area contributed by atoms with Gasteiger partial charge in [-0.3, -0.25) is 4.79 Å². The molecule has 0 saturated carbocycles. The highest BCUT2D eigenvalue weighted by Gasteiger charge is 2.13. The Hall–Kier alpha value is -1.88. The molecule has 56 valence electrons. The molecule has 1 aromatic carbocycles. The molecule has 2 heteroatoms. The van der Waals surface area contributed by atoms with Crippen LogP contribution in [0, 0.1) is 11.3 Å². The van der Waals surface area contributed by atoms with Gasteiger partial charge < -0.3 is 0 Å². The highest BCUT2D eigenvalue weighted by Crippen LogP contribution is 2.20. The van der Waals surface area contributed by atoms with Crippen molar-refractivity contribution in [2.75, 3.05) is 0 Å². The molecule has 0 radical (unpaired) electrons. The molecule has 1 aromatic rings. The maximum atomic E-state index is 11.1. The van der Waals surface area contributed by atoms with Crippen molar-refractivity contribution in [3.05, 3.63) is 41.0 Å². The summed E-state index contributed by atoms with van der Waals surface area (Å²) >= 11 is 0. The van der Waals surface area contributed by atoms with Crippen molar-refractivity contribution in [3.8, 4) is 6.07 Å². The minimum atomic E-state index is -0.0119. The van der Waals surface area contributed by atoms with E-state index in [9.17, 15) is 4.79 Å². The summed E-state index contributed by atoms with van der Waals surface area (Å²) in [7, 11) is 0. The van der Waals surface area contributed by atoms with E-state index in [0.717, 1.165) is 5.56 Å². The molecule has 2 rings (SSSR count). The molecule has 12 heavy (non-hydrogen) atoms. The molecule has 0 amide bonds. The summed E-state index contributed by atoms with van der Waals surface area (Å²) in [5.74, 6) is -0.0119. The lowest BCUT2D eigenvalue weighted by molar-refractivity contribution is 0.105. The second kappa shape index (κ2) is 2.31.